The SMILES string of the molecule is CC(C)CCCC(N)c1cc(Br)sc1Br. The van der Waals surface area contributed by atoms with E-state index in [1.165, 1.54) is 18.4 Å². The zero-order valence-electron chi connectivity index (χ0n) is 9.09. The second-order valence-electron chi connectivity index (χ2n) is 4.21. The summed E-state index contributed by atoms with van der Waals surface area (Å²) in [7, 11) is 0. The van der Waals surface area contributed by atoms with Gasteiger partial charge in [0.1, 0.15) is 0 Å². The van der Waals surface area contributed by atoms with Gasteiger partial charge >= 0.3 is 0 Å². The van der Waals surface area contributed by atoms with E-state index in [0.29, 0.717) is 0 Å². The van der Waals surface area contributed by atoms with Crippen LogP contribution in [0.3, 0.4) is 0 Å². The van der Waals surface area contributed by atoms with Crippen LogP contribution in [-0.2, 0) is 0 Å². The molecule has 4 heteroatoms. The topological polar surface area (TPSA) is 26.0 Å². The predicted octanol–water partition coefficient (Wildman–Crippen LogP) is 5.10. The lowest BCUT2D eigenvalue weighted by Gasteiger charge is -2.11. The summed E-state index contributed by atoms with van der Waals surface area (Å²) in [5.41, 5.74) is 7.38. The lowest BCUT2D eigenvalue weighted by atomic mass is 10.0. The van der Waals surface area contributed by atoms with Crippen molar-refractivity contribution in [3.8, 4) is 0 Å². The fourth-order valence-electron chi connectivity index (χ4n) is 1.51. The largest absolute Gasteiger partial charge is 0.324 e. The van der Waals surface area contributed by atoms with E-state index < -0.39 is 0 Å². The van der Waals surface area contributed by atoms with Crippen LogP contribution < -0.4 is 5.73 Å². The van der Waals surface area contributed by atoms with Crippen LogP contribution in [0.1, 0.15) is 44.7 Å². The van der Waals surface area contributed by atoms with Gasteiger partial charge in [0.2, 0.25) is 0 Å². The lowest BCUT2D eigenvalue weighted by Crippen LogP contribution is -2.09. The molecule has 0 radical (unpaired) electrons. The highest BCUT2D eigenvalue weighted by molar-refractivity contribution is 9.12. The van der Waals surface area contributed by atoms with E-state index in [1.807, 2.05) is 0 Å². The van der Waals surface area contributed by atoms with Gasteiger partial charge in [0.25, 0.3) is 0 Å². The molecule has 1 aromatic heterocycles. The third kappa shape index (κ3) is 4.55. The monoisotopic (exact) mass is 353 g/mol. The number of hydrogen-bond acceptors (Lipinski definition) is 2. The molecule has 1 nitrogen and oxygen atoms in total. The van der Waals surface area contributed by atoms with E-state index in [9.17, 15) is 0 Å². The standard InChI is InChI=1S/C11H17Br2NS/c1-7(2)4-3-5-9(14)8-6-10(12)15-11(8)13/h6-7,9H,3-5,14H2,1-2H3. The molecule has 0 aliphatic heterocycles. The number of rotatable bonds is 5. The van der Waals surface area contributed by atoms with Crippen LogP contribution in [0.2, 0.25) is 0 Å². The maximum absolute atomic E-state index is 6.15. The number of hydrogen-bond donors (Lipinski definition) is 1. The van der Waals surface area contributed by atoms with Crippen LogP contribution in [0.15, 0.2) is 13.6 Å². The third-order valence-electron chi connectivity index (χ3n) is 2.38. The number of thiophene rings is 1. The normalized spacial score (nSPS) is 13.5. The van der Waals surface area contributed by atoms with Crippen molar-refractivity contribution in [2.24, 2.45) is 11.7 Å². The Bertz CT molecular complexity index is 310. The summed E-state index contributed by atoms with van der Waals surface area (Å²) in [6, 6.07) is 2.29. The first-order valence-electron chi connectivity index (χ1n) is 5.21. The van der Waals surface area contributed by atoms with Gasteiger partial charge in [-0.3, -0.25) is 0 Å². The Hall–Kier alpha value is 0.620. The molecule has 1 unspecified atom stereocenters. The Balaban J connectivity index is 2.46. The fourth-order valence-corrected chi connectivity index (χ4v) is 4.51. The molecule has 0 aromatic carbocycles. The molecule has 0 saturated carbocycles. The third-order valence-corrected chi connectivity index (χ3v) is 4.76. The molecule has 1 rings (SSSR count). The van der Waals surface area contributed by atoms with Gasteiger partial charge in [0.05, 0.1) is 7.57 Å². The Morgan fingerprint density at radius 2 is 2.00 bits per heavy atom. The van der Waals surface area contributed by atoms with E-state index in [-0.39, 0.29) is 6.04 Å². The maximum atomic E-state index is 6.15. The van der Waals surface area contributed by atoms with Crippen LogP contribution in [0.5, 0.6) is 0 Å². The molecular weight excluding hydrogens is 338 g/mol. The van der Waals surface area contributed by atoms with Gasteiger partial charge in [-0.2, -0.15) is 0 Å². The van der Waals surface area contributed by atoms with Gasteiger partial charge in [0, 0.05) is 6.04 Å². The van der Waals surface area contributed by atoms with Crippen LogP contribution >= 0.6 is 43.2 Å². The average Bonchev–Trinajstić information content (AvgIpc) is 2.44. The van der Waals surface area contributed by atoms with E-state index in [4.69, 9.17) is 5.73 Å². The first kappa shape index (κ1) is 13.7. The molecule has 1 atom stereocenters. The van der Waals surface area contributed by atoms with Crippen molar-refractivity contribution >= 4 is 43.2 Å². The van der Waals surface area contributed by atoms with Crippen molar-refractivity contribution in [1.29, 1.82) is 0 Å². The molecule has 86 valence electrons. The summed E-state index contributed by atoms with van der Waals surface area (Å²) >= 11 is 8.71. The molecule has 0 aliphatic rings. The minimum Gasteiger partial charge on any atom is -0.324 e. The van der Waals surface area contributed by atoms with Crippen molar-refractivity contribution in [2.75, 3.05) is 0 Å². The summed E-state index contributed by atoms with van der Waals surface area (Å²) in [5.74, 6) is 0.773. The van der Waals surface area contributed by atoms with E-state index in [2.05, 4.69) is 51.8 Å². The van der Waals surface area contributed by atoms with Crippen molar-refractivity contribution in [1.82, 2.24) is 0 Å². The van der Waals surface area contributed by atoms with Gasteiger partial charge in [-0.05, 0) is 55.8 Å². The smallest absolute Gasteiger partial charge is 0.0758 e. The van der Waals surface area contributed by atoms with Crippen molar-refractivity contribution < 1.29 is 0 Å². The predicted molar refractivity (Wildman–Crippen MR) is 75.3 cm³/mol. The summed E-state index contributed by atoms with van der Waals surface area (Å²) in [4.78, 5) is 0. The Morgan fingerprint density at radius 3 is 2.47 bits per heavy atom. The minimum atomic E-state index is 0.167. The molecule has 0 spiro atoms. The van der Waals surface area contributed by atoms with Crippen LogP contribution in [0.4, 0.5) is 0 Å². The molecule has 0 bridgehead atoms. The molecule has 0 fully saturated rings. The summed E-state index contributed by atoms with van der Waals surface area (Å²) < 4.78 is 2.30. The van der Waals surface area contributed by atoms with E-state index >= 15 is 0 Å². The Labute approximate surface area is 113 Å². The summed E-state index contributed by atoms with van der Waals surface area (Å²) in [6.07, 6.45) is 3.54. The van der Waals surface area contributed by atoms with Crippen LogP contribution in [0, 0.1) is 5.92 Å². The van der Waals surface area contributed by atoms with Gasteiger partial charge < -0.3 is 5.73 Å². The van der Waals surface area contributed by atoms with Crippen molar-refractivity contribution in [3.05, 3.63) is 19.2 Å². The van der Waals surface area contributed by atoms with Gasteiger partial charge in [0.15, 0.2) is 0 Å². The quantitative estimate of drug-likeness (QED) is 0.782. The molecule has 0 saturated heterocycles. The summed E-state index contributed by atoms with van der Waals surface area (Å²) in [6.45, 7) is 4.51. The molecule has 0 amide bonds. The molecule has 0 aliphatic carbocycles. The van der Waals surface area contributed by atoms with E-state index in [1.54, 1.807) is 11.3 Å². The minimum absolute atomic E-state index is 0.167. The lowest BCUT2D eigenvalue weighted by molar-refractivity contribution is 0.505. The average molecular weight is 355 g/mol. The second kappa shape index (κ2) is 6.38. The van der Waals surface area contributed by atoms with Gasteiger partial charge in [-0.15, -0.1) is 11.3 Å². The highest BCUT2D eigenvalue weighted by Gasteiger charge is 2.13. The van der Waals surface area contributed by atoms with Crippen molar-refractivity contribution in [2.45, 2.75) is 39.2 Å². The van der Waals surface area contributed by atoms with Gasteiger partial charge in [-0.1, -0.05) is 26.7 Å². The van der Waals surface area contributed by atoms with Crippen LogP contribution in [-0.4, -0.2) is 0 Å². The molecule has 15 heavy (non-hydrogen) atoms. The fraction of sp³-hybridized carbons (Fsp3) is 0.636. The van der Waals surface area contributed by atoms with Crippen LogP contribution in [0.25, 0.3) is 0 Å². The second-order valence-corrected chi connectivity index (χ2v) is 7.96. The molecule has 2 N–H and O–H groups in total. The highest BCUT2D eigenvalue weighted by atomic mass is 79.9. The van der Waals surface area contributed by atoms with Crippen molar-refractivity contribution in [3.63, 3.8) is 0 Å². The molecule has 1 aromatic rings. The molecule has 1 heterocycles. The Kier molecular flexibility index (Phi) is 5.82. The first-order chi connectivity index (χ1) is 7.00. The molecular formula is C11H17Br2NS. The summed E-state index contributed by atoms with van der Waals surface area (Å²) in [5, 5.41) is 0. The first-order valence-corrected chi connectivity index (χ1v) is 7.61. The Morgan fingerprint density at radius 1 is 1.33 bits per heavy atom. The maximum Gasteiger partial charge on any atom is 0.0758 e. The number of nitrogens with two attached hydrogens (primary N) is 1. The van der Waals surface area contributed by atoms with Gasteiger partial charge in [-0.25, -0.2) is 0 Å². The zero-order valence-corrected chi connectivity index (χ0v) is 13.1. The highest BCUT2D eigenvalue weighted by Crippen LogP contribution is 2.36. The van der Waals surface area contributed by atoms with E-state index in [0.717, 1.165) is 19.9 Å². The number of halogens is 2. The zero-order chi connectivity index (χ0) is 11.4.